The quantitative estimate of drug-likeness (QED) is 0.345. The molecule has 0 atom stereocenters. The summed E-state index contributed by atoms with van der Waals surface area (Å²) < 4.78 is 14.4. The van der Waals surface area contributed by atoms with Crippen molar-refractivity contribution in [3.63, 3.8) is 0 Å². The topological polar surface area (TPSA) is 75.2 Å². The molecule has 0 bridgehead atoms. The zero-order valence-electron chi connectivity index (χ0n) is 14.9. The minimum atomic E-state index is -1.08. The van der Waals surface area contributed by atoms with E-state index in [1.165, 1.54) is 0 Å². The van der Waals surface area contributed by atoms with E-state index in [2.05, 4.69) is 59.1 Å². The van der Waals surface area contributed by atoms with Gasteiger partial charge in [0.1, 0.15) is 17.8 Å². The summed E-state index contributed by atoms with van der Waals surface area (Å²) in [5, 5.41) is 0. The van der Waals surface area contributed by atoms with Gasteiger partial charge in [-0.1, -0.05) is 33.0 Å². The Balaban J connectivity index is 2.12. The molecular formula is C16H27IN4O2Si. The molecule has 2 aromatic heterocycles. The third-order valence-corrected chi connectivity index (χ3v) is 6.12. The van der Waals surface area contributed by atoms with Gasteiger partial charge in [0, 0.05) is 20.9 Å². The lowest BCUT2D eigenvalue weighted by atomic mass is 10.4. The number of nitrogens with zero attached hydrogens (tertiary/aromatic N) is 3. The summed E-state index contributed by atoms with van der Waals surface area (Å²) in [6, 6.07) is 1.49. The molecule has 0 aliphatic heterocycles. The molecule has 134 valence electrons. The van der Waals surface area contributed by atoms with Gasteiger partial charge in [0.2, 0.25) is 0 Å². The van der Waals surface area contributed by atoms with Gasteiger partial charge in [-0.2, -0.15) is 9.97 Å². The lowest BCUT2D eigenvalue weighted by Crippen LogP contribution is -2.22. The van der Waals surface area contributed by atoms with E-state index in [1.807, 2.05) is 10.8 Å². The van der Waals surface area contributed by atoms with Crippen molar-refractivity contribution in [1.29, 1.82) is 0 Å². The maximum absolute atomic E-state index is 6.14. The SMILES string of the molecule is CCCCOc1nc(N)c2c(n1)c(I)cn2COCC[Si](C)(C)C. The number of aromatic nitrogens is 3. The van der Waals surface area contributed by atoms with Crippen molar-refractivity contribution >= 4 is 47.5 Å². The normalized spacial score (nSPS) is 12.0. The second kappa shape index (κ2) is 8.48. The fraction of sp³-hybridized carbons (Fsp3) is 0.625. The molecule has 0 unspecified atom stereocenters. The molecule has 2 N–H and O–H groups in total. The summed E-state index contributed by atoms with van der Waals surface area (Å²) in [4.78, 5) is 8.79. The number of unbranched alkanes of at least 4 members (excludes halogenated alkanes) is 1. The molecule has 0 saturated carbocycles. The van der Waals surface area contributed by atoms with Crippen LogP contribution < -0.4 is 10.5 Å². The van der Waals surface area contributed by atoms with Crippen molar-refractivity contribution in [3.8, 4) is 6.01 Å². The number of nitrogen functional groups attached to an aromatic ring is 1. The van der Waals surface area contributed by atoms with E-state index < -0.39 is 8.07 Å². The first kappa shape index (κ1) is 19.5. The summed E-state index contributed by atoms with van der Waals surface area (Å²) in [5.74, 6) is 0.434. The minimum absolute atomic E-state index is 0.351. The smallest absolute Gasteiger partial charge is 0.319 e. The maximum Gasteiger partial charge on any atom is 0.319 e. The van der Waals surface area contributed by atoms with Crippen LogP contribution in [-0.2, 0) is 11.5 Å². The van der Waals surface area contributed by atoms with Gasteiger partial charge in [0.15, 0.2) is 5.82 Å². The number of hydrogen-bond acceptors (Lipinski definition) is 5. The van der Waals surface area contributed by atoms with Crippen LogP contribution in [0.4, 0.5) is 5.82 Å². The Morgan fingerprint density at radius 2 is 2.00 bits per heavy atom. The van der Waals surface area contributed by atoms with Crippen LogP contribution in [0.3, 0.4) is 0 Å². The maximum atomic E-state index is 6.14. The average molecular weight is 462 g/mol. The summed E-state index contributed by atoms with van der Waals surface area (Å²) in [5.41, 5.74) is 7.78. The van der Waals surface area contributed by atoms with Crippen LogP contribution in [0.1, 0.15) is 19.8 Å². The Kier molecular flexibility index (Phi) is 6.87. The third kappa shape index (κ3) is 5.32. The van der Waals surface area contributed by atoms with Crippen LogP contribution in [-0.4, -0.2) is 35.8 Å². The number of fused-ring (bicyclic) bond motifs is 1. The molecule has 0 fully saturated rings. The molecule has 6 nitrogen and oxygen atoms in total. The number of ether oxygens (including phenoxy) is 2. The van der Waals surface area contributed by atoms with E-state index in [0.717, 1.165) is 40.1 Å². The standard InChI is InChI=1S/C16H27IN4O2Si/c1-5-6-7-23-16-19-13-12(17)10-21(14(13)15(18)20-16)11-22-8-9-24(2,3)4/h10H,5-9,11H2,1-4H3,(H2,18,19,20). The van der Waals surface area contributed by atoms with Crippen molar-refractivity contribution in [2.75, 3.05) is 18.9 Å². The van der Waals surface area contributed by atoms with E-state index >= 15 is 0 Å². The third-order valence-electron chi connectivity index (χ3n) is 3.63. The van der Waals surface area contributed by atoms with Crippen LogP contribution in [0.5, 0.6) is 6.01 Å². The van der Waals surface area contributed by atoms with Gasteiger partial charge in [0.05, 0.1) is 10.2 Å². The molecule has 2 aromatic rings. The summed E-state index contributed by atoms with van der Waals surface area (Å²) >= 11 is 2.26. The number of halogens is 1. The fourth-order valence-corrected chi connectivity index (χ4v) is 3.65. The predicted molar refractivity (Wildman–Crippen MR) is 109 cm³/mol. The lowest BCUT2D eigenvalue weighted by molar-refractivity contribution is 0.0902. The average Bonchev–Trinajstić information content (AvgIpc) is 2.80. The zero-order chi connectivity index (χ0) is 17.7. The van der Waals surface area contributed by atoms with Gasteiger partial charge in [-0.15, -0.1) is 0 Å². The highest BCUT2D eigenvalue weighted by Crippen LogP contribution is 2.27. The van der Waals surface area contributed by atoms with Gasteiger partial charge < -0.3 is 19.8 Å². The second-order valence-corrected chi connectivity index (χ2v) is 13.9. The van der Waals surface area contributed by atoms with Gasteiger partial charge >= 0.3 is 6.01 Å². The van der Waals surface area contributed by atoms with Gasteiger partial charge in [-0.05, 0) is 35.1 Å². The first-order valence-corrected chi connectivity index (χ1v) is 13.1. The Morgan fingerprint density at radius 1 is 1.25 bits per heavy atom. The number of hydrogen-bond donors (Lipinski definition) is 1. The molecule has 0 aliphatic rings. The molecule has 0 aromatic carbocycles. The first-order valence-electron chi connectivity index (χ1n) is 8.34. The molecule has 0 spiro atoms. The van der Waals surface area contributed by atoms with Gasteiger partial charge in [-0.25, -0.2) is 0 Å². The number of anilines is 1. The van der Waals surface area contributed by atoms with Crippen LogP contribution in [0.2, 0.25) is 25.7 Å². The molecule has 0 saturated heterocycles. The zero-order valence-corrected chi connectivity index (χ0v) is 18.1. The highest BCUT2D eigenvalue weighted by molar-refractivity contribution is 14.1. The fourth-order valence-electron chi connectivity index (χ4n) is 2.18. The lowest BCUT2D eigenvalue weighted by Gasteiger charge is -2.16. The summed E-state index contributed by atoms with van der Waals surface area (Å²) in [7, 11) is -1.08. The van der Waals surface area contributed by atoms with Gasteiger partial charge in [-0.3, -0.25) is 0 Å². The Morgan fingerprint density at radius 3 is 2.67 bits per heavy atom. The van der Waals surface area contributed by atoms with E-state index in [0.29, 0.717) is 25.2 Å². The predicted octanol–water partition coefficient (Wildman–Crippen LogP) is 4.11. The Hall–Kier alpha value is -0.873. The second-order valence-electron chi connectivity index (χ2n) is 7.09. The molecule has 0 aliphatic carbocycles. The highest BCUT2D eigenvalue weighted by atomic mass is 127. The summed E-state index contributed by atoms with van der Waals surface area (Å²) in [6.45, 7) is 11.0. The largest absolute Gasteiger partial charge is 0.463 e. The first-order chi connectivity index (χ1) is 11.3. The molecule has 0 amide bonds. The number of nitrogens with two attached hydrogens (primary N) is 1. The van der Waals surface area contributed by atoms with Crippen molar-refractivity contribution in [3.05, 3.63) is 9.77 Å². The molecule has 2 heterocycles. The Labute approximate surface area is 158 Å². The molecule has 0 radical (unpaired) electrons. The van der Waals surface area contributed by atoms with Crippen LogP contribution in [0, 0.1) is 3.57 Å². The van der Waals surface area contributed by atoms with Crippen LogP contribution >= 0.6 is 22.6 Å². The van der Waals surface area contributed by atoms with Crippen LogP contribution in [0.25, 0.3) is 11.0 Å². The van der Waals surface area contributed by atoms with E-state index in [9.17, 15) is 0 Å². The monoisotopic (exact) mass is 462 g/mol. The molecule has 8 heteroatoms. The molecular weight excluding hydrogens is 435 g/mol. The highest BCUT2D eigenvalue weighted by Gasteiger charge is 2.16. The van der Waals surface area contributed by atoms with Crippen molar-refractivity contribution < 1.29 is 9.47 Å². The minimum Gasteiger partial charge on any atom is -0.463 e. The number of rotatable bonds is 9. The van der Waals surface area contributed by atoms with Crippen LogP contribution in [0.15, 0.2) is 6.20 Å². The molecule has 2 rings (SSSR count). The van der Waals surface area contributed by atoms with E-state index in [1.54, 1.807) is 0 Å². The summed E-state index contributed by atoms with van der Waals surface area (Å²) in [6.07, 6.45) is 4.05. The van der Waals surface area contributed by atoms with Crippen molar-refractivity contribution in [2.45, 2.75) is 52.2 Å². The van der Waals surface area contributed by atoms with Gasteiger partial charge in [0.25, 0.3) is 0 Å². The van der Waals surface area contributed by atoms with E-state index in [4.69, 9.17) is 15.2 Å². The van der Waals surface area contributed by atoms with Crippen molar-refractivity contribution in [1.82, 2.24) is 14.5 Å². The van der Waals surface area contributed by atoms with E-state index in [-0.39, 0.29) is 0 Å². The molecule has 24 heavy (non-hydrogen) atoms. The van der Waals surface area contributed by atoms with Crippen molar-refractivity contribution in [2.24, 2.45) is 0 Å². The Bertz CT molecular complexity index is 685.